The largest absolute Gasteiger partial charge is 0.497 e. The summed E-state index contributed by atoms with van der Waals surface area (Å²) in [6.45, 7) is 13.0. The Kier molecular flexibility index (Phi) is 20.7. The van der Waals surface area contributed by atoms with Crippen LogP contribution in [0.4, 0.5) is 0 Å². The van der Waals surface area contributed by atoms with Gasteiger partial charge in [0.1, 0.15) is 24.4 Å². The fraction of sp³-hybridized carbons (Fsp3) is 0.655. The van der Waals surface area contributed by atoms with E-state index in [-0.39, 0.29) is 69.1 Å². The van der Waals surface area contributed by atoms with Gasteiger partial charge >= 0.3 is 11.9 Å². The van der Waals surface area contributed by atoms with E-state index >= 15 is 0 Å². The highest BCUT2D eigenvalue weighted by atomic mass is 16.7. The second-order valence-corrected chi connectivity index (χ2v) is 19.7. The first kappa shape index (κ1) is 53.4. The summed E-state index contributed by atoms with van der Waals surface area (Å²) in [5.41, 5.74) is 2.08. The van der Waals surface area contributed by atoms with Crippen molar-refractivity contribution in [2.24, 2.45) is 5.41 Å². The Morgan fingerprint density at radius 2 is 1.53 bits per heavy atom. The molecule has 0 radical (unpaired) electrons. The second kappa shape index (κ2) is 26.3. The van der Waals surface area contributed by atoms with Crippen molar-refractivity contribution >= 4 is 17.7 Å². The van der Waals surface area contributed by atoms with E-state index in [0.29, 0.717) is 51.6 Å². The maximum atomic E-state index is 14.3. The number of carbonyl (C=O) groups is 3. The normalized spacial score (nSPS) is 30.1. The molecule has 3 saturated heterocycles. The smallest absolute Gasteiger partial charge is 0.308 e. The predicted molar refractivity (Wildman–Crippen MR) is 257 cm³/mol. The first-order valence-corrected chi connectivity index (χ1v) is 25.1. The van der Waals surface area contributed by atoms with Crippen LogP contribution >= 0.6 is 0 Å². The lowest BCUT2D eigenvalue weighted by molar-refractivity contribution is -0.351. The molecule has 6 bridgehead atoms. The topological polar surface area (TPSA) is 144 Å². The molecule has 0 amide bonds. The highest BCUT2D eigenvalue weighted by molar-refractivity contribution is 5.80. The van der Waals surface area contributed by atoms with Crippen LogP contribution in [-0.4, -0.2) is 99.5 Å². The number of benzene rings is 2. The van der Waals surface area contributed by atoms with Crippen LogP contribution in [0.2, 0.25) is 0 Å². The molecule has 0 unspecified atom stereocenters. The summed E-state index contributed by atoms with van der Waals surface area (Å²) < 4.78 is 63.7. The van der Waals surface area contributed by atoms with Crippen LogP contribution in [0.15, 0.2) is 78.9 Å². The van der Waals surface area contributed by atoms with Crippen molar-refractivity contribution in [2.45, 2.75) is 204 Å². The van der Waals surface area contributed by atoms with Crippen LogP contribution in [-0.2, 0) is 70.2 Å². The Morgan fingerprint density at radius 1 is 0.809 bits per heavy atom. The lowest BCUT2D eigenvalue weighted by Crippen LogP contribution is -2.62. The number of hydrogen-bond donors (Lipinski definition) is 0. The summed E-state index contributed by atoms with van der Waals surface area (Å²) in [4.78, 5) is 41.2. The Morgan fingerprint density at radius 3 is 2.26 bits per heavy atom. The summed E-state index contributed by atoms with van der Waals surface area (Å²) in [6.07, 6.45) is 8.44. The lowest BCUT2D eigenvalue weighted by Gasteiger charge is -2.52. The van der Waals surface area contributed by atoms with E-state index < -0.39 is 53.8 Å². The molecule has 2 aromatic carbocycles. The van der Waals surface area contributed by atoms with Gasteiger partial charge in [0, 0.05) is 51.0 Å². The van der Waals surface area contributed by atoms with Gasteiger partial charge in [-0.1, -0.05) is 113 Å². The van der Waals surface area contributed by atoms with Crippen LogP contribution < -0.4 is 4.74 Å². The summed E-state index contributed by atoms with van der Waals surface area (Å²) in [6, 6.07) is 17.4. The number of rotatable bonds is 18. The molecular weight excluding hydrogens is 869 g/mol. The van der Waals surface area contributed by atoms with Crippen molar-refractivity contribution in [1.82, 2.24) is 0 Å². The number of unbranched alkanes of at least 4 members (excludes halogenated alkanes) is 4. The molecule has 0 aromatic heterocycles. The fourth-order valence-corrected chi connectivity index (χ4v) is 10.0. The minimum absolute atomic E-state index is 0.0374. The molecule has 376 valence electrons. The van der Waals surface area contributed by atoms with Crippen molar-refractivity contribution < 1.29 is 61.8 Å². The number of fused-ring (bicyclic) bond motifs is 6. The first-order chi connectivity index (χ1) is 32.8. The SMILES string of the molecule is C=C1C[C@H]2C[C@H]3CC(=O)C[C@@H](C[C@@H](OCc4ccc(OC)cc4)CC(=O)O[C@@H]([C@@H](C)OCOCc4ccccc4)C[C@@H]4CC[C@H](OC(=O)CCCCCCC)[C@@](OC)(O4)C(C)(C)/C=C/[C@@H](C1)O2)O3. The van der Waals surface area contributed by atoms with Crippen molar-refractivity contribution in [1.29, 1.82) is 0 Å². The number of ether oxygens (including phenoxy) is 10. The van der Waals surface area contributed by atoms with Gasteiger partial charge in [0.25, 0.3) is 0 Å². The van der Waals surface area contributed by atoms with E-state index in [4.69, 9.17) is 47.4 Å². The zero-order valence-corrected chi connectivity index (χ0v) is 41.5. The maximum Gasteiger partial charge on any atom is 0.308 e. The van der Waals surface area contributed by atoms with Gasteiger partial charge < -0.3 is 47.4 Å². The predicted octanol–water partition coefficient (Wildman–Crippen LogP) is 10.2. The minimum Gasteiger partial charge on any atom is -0.497 e. The third kappa shape index (κ3) is 15.8. The molecule has 68 heavy (non-hydrogen) atoms. The van der Waals surface area contributed by atoms with E-state index in [2.05, 4.69) is 13.5 Å². The molecule has 0 aliphatic carbocycles. The molecule has 13 nitrogen and oxygen atoms in total. The Bertz CT molecular complexity index is 1920. The number of Topliss-reactive ketones (excluding diaryl/α,β-unsaturated/α-hetero) is 1. The van der Waals surface area contributed by atoms with Crippen molar-refractivity contribution in [3.8, 4) is 5.75 Å². The van der Waals surface area contributed by atoms with Crippen LogP contribution in [0.3, 0.4) is 0 Å². The summed E-state index contributed by atoms with van der Waals surface area (Å²) in [7, 11) is 3.21. The van der Waals surface area contributed by atoms with Gasteiger partial charge in [-0.25, -0.2) is 0 Å². The van der Waals surface area contributed by atoms with Gasteiger partial charge in [-0.3, -0.25) is 14.4 Å². The molecule has 4 aliphatic heterocycles. The van der Waals surface area contributed by atoms with Gasteiger partial charge in [0.05, 0.1) is 69.5 Å². The average molecular weight is 947 g/mol. The molecule has 6 rings (SSSR count). The number of esters is 2. The molecule has 13 heteroatoms. The van der Waals surface area contributed by atoms with Crippen LogP contribution in [0.25, 0.3) is 0 Å². The number of hydrogen-bond acceptors (Lipinski definition) is 13. The zero-order chi connectivity index (χ0) is 48.5. The van der Waals surface area contributed by atoms with Gasteiger partial charge in [0.15, 0.2) is 6.10 Å². The Balaban J connectivity index is 1.30. The second-order valence-electron chi connectivity index (χ2n) is 19.7. The number of ketones is 1. The zero-order valence-electron chi connectivity index (χ0n) is 41.5. The molecule has 10 atom stereocenters. The average Bonchev–Trinajstić information content (AvgIpc) is 3.31. The maximum absolute atomic E-state index is 14.3. The van der Waals surface area contributed by atoms with Crippen LogP contribution in [0, 0.1) is 5.41 Å². The standard InChI is InChI=1S/C55H78O13/c1-8-9-10-11-15-18-52(57)67-51-24-23-45-33-50(39(3)63-37-61-35-40-16-13-12-14-17-40)66-53(58)34-46(62-36-41-19-21-43(59-6)22-20-41)31-48-29-42(56)30-49(65-48)32-47-28-38(2)27-44(64-47)25-26-54(4,5)55(51,60-7)68-45/h12-14,16-17,19-22,25-26,39,44-51H,2,8-11,15,18,23-24,27-37H2,1,3-7H3/b26-25+/t39-,44+,45+,46-,47+,48+,49-,50-,51+,55-/m1/s1. The Hall–Kier alpha value is -3.95. The van der Waals surface area contributed by atoms with Crippen molar-refractivity contribution in [3.05, 3.63) is 90.0 Å². The van der Waals surface area contributed by atoms with Gasteiger partial charge in [-0.05, 0) is 62.3 Å². The summed E-state index contributed by atoms with van der Waals surface area (Å²) in [5, 5.41) is 0. The minimum atomic E-state index is -1.43. The first-order valence-electron chi connectivity index (χ1n) is 25.1. The van der Waals surface area contributed by atoms with E-state index in [9.17, 15) is 14.4 Å². The van der Waals surface area contributed by atoms with E-state index in [1.165, 1.54) is 0 Å². The number of carbonyl (C=O) groups excluding carboxylic acids is 3. The molecular formula is C55H78O13. The van der Waals surface area contributed by atoms with Crippen molar-refractivity contribution in [3.63, 3.8) is 0 Å². The van der Waals surface area contributed by atoms with Crippen LogP contribution in [0.5, 0.6) is 5.75 Å². The van der Waals surface area contributed by atoms with Gasteiger partial charge in [-0.2, -0.15) is 0 Å². The van der Waals surface area contributed by atoms with Gasteiger partial charge in [-0.15, -0.1) is 0 Å². The quantitative estimate of drug-likeness (QED) is 0.0606. The van der Waals surface area contributed by atoms with Crippen molar-refractivity contribution in [2.75, 3.05) is 21.0 Å². The monoisotopic (exact) mass is 947 g/mol. The number of cyclic esters (lactones) is 1. The lowest BCUT2D eigenvalue weighted by atomic mass is 9.75. The van der Waals surface area contributed by atoms with E-state index in [1.807, 2.05) is 87.5 Å². The molecule has 0 spiro atoms. The molecule has 4 aliphatic rings. The summed E-state index contributed by atoms with van der Waals surface area (Å²) >= 11 is 0. The highest BCUT2D eigenvalue weighted by Gasteiger charge is 2.57. The molecule has 0 saturated carbocycles. The van der Waals surface area contributed by atoms with E-state index in [0.717, 1.165) is 54.6 Å². The molecule has 0 N–H and O–H groups in total. The fourth-order valence-electron chi connectivity index (χ4n) is 10.0. The molecule has 3 fully saturated rings. The molecule has 4 heterocycles. The molecule has 2 aromatic rings. The third-order valence-corrected chi connectivity index (χ3v) is 13.8. The number of methoxy groups -OCH3 is 2. The Labute approximate surface area is 404 Å². The third-order valence-electron chi connectivity index (χ3n) is 13.8. The highest BCUT2D eigenvalue weighted by Crippen LogP contribution is 2.47. The van der Waals surface area contributed by atoms with E-state index in [1.54, 1.807) is 14.2 Å². The van der Waals surface area contributed by atoms with Crippen LogP contribution in [0.1, 0.15) is 142 Å². The summed E-state index contributed by atoms with van der Waals surface area (Å²) in [5.74, 6) is -1.39. The van der Waals surface area contributed by atoms with Gasteiger partial charge in [0.2, 0.25) is 5.79 Å².